The van der Waals surface area contributed by atoms with Gasteiger partial charge in [0.05, 0.1) is 20.8 Å². The fourth-order valence-electron chi connectivity index (χ4n) is 6.04. The van der Waals surface area contributed by atoms with Crippen LogP contribution in [0.5, 0.6) is 0 Å². The first-order chi connectivity index (χ1) is 16.9. The van der Waals surface area contributed by atoms with E-state index in [4.69, 9.17) is 11.6 Å². The molecule has 2 N–H and O–H groups in total. The highest BCUT2D eigenvalue weighted by Crippen LogP contribution is 2.54. The maximum absolute atomic E-state index is 13.8. The van der Waals surface area contributed by atoms with E-state index in [9.17, 15) is 27.1 Å². The van der Waals surface area contributed by atoms with Crippen molar-refractivity contribution in [1.82, 2.24) is 0 Å². The lowest BCUT2D eigenvalue weighted by atomic mass is 9.74. The van der Waals surface area contributed by atoms with Crippen molar-refractivity contribution in [2.75, 3.05) is 5.32 Å². The molecule has 1 amide bonds. The van der Waals surface area contributed by atoms with Crippen LogP contribution in [0.2, 0.25) is 5.02 Å². The van der Waals surface area contributed by atoms with Crippen LogP contribution in [0.3, 0.4) is 0 Å². The van der Waals surface area contributed by atoms with Crippen molar-refractivity contribution in [3.05, 3.63) is 58.1 Å². The number of rotatable bonds is 7. The van der Waals surface area contributed by atoms with Crippen molar-refractivity contribution in [1.29, 1.82) is 0 Å². The summed E-state index contributed by atoms with van der Waals surface area (Å²) in [5.41, 5.74) is -0.120. The van der Waals surface area contributed by atoms with Crippen LogP contribution in [-0.2, 0) is 16.3 Å². The number of hydrogen-bond donors (Lipinski definition) is 2. The summed E-state index contributed by atoms with van der Waals surface area (Å²) in [5, 5.41) is 12.8. The summed E-state index contributed by atoms with van der Waals surface area (Å²) in [7, 11) is -3.90. The van der Waals surface area contributed by atoms with E-state index < -0.39 is 38.2 Å². The van der Waals surface area contributed by atoms with E-state index in [0.29, 0.717) is 24.8 Å². The quantitative estimate of drug-likeness (QED) is 0.440. The summed E-state index contributed by atoms with van der Waals surface area (Å²) in [5.74, 6) is -2.80. The molecule has 3 unspecified atom stereocenters. The molecule has 2 bridgehead atoms. The van der Waals surface area contributed by atoms with E-state index in [1.54, 1.807) is 6.92 Å². The number of halogens is 3. The largest absolute Gasteiger partial charge is 0.390 e. The van der Waals surface area contributed by atoms with Gasteiger partial charge in [-0.15, -0.1) is 0 Å². The molecule has 0 radical (unpaired) electrons. The number of carbonyl (C=O) groups excluding carboxylic acids is 1. The molecule has 0 aliphatic heterocycles. The standard InChI is InChI=1S/C27H32ClF2NO4S/c1-4-5-6-16-10-22(28)25(14-20(16)26(32)31-18-7-8-23(29)24(30)12-18)36(34,35)19-11-17-9-15(2)21(13-19)27(17,3)33/h7-8,10,12,14-15,17,19,21,33H,4-6,9,11,13H2,1-3H3,(H,31,32)/t15-,17?,19?,21?,27+/m0/s1. The molecular formula is C27H32ClF2NO4S. The maximum Gasteiger partial charge on any atom is 0.255 e. The fraction of sp³-hybridized carbons (Fsp3) is 0.519. The summed E-state index contributed by atoms with van der Waals surface area (Å²) in [4.78, 5) is 13.1. The van der Waals surface area contributed by atoms with Crippen molar-refractivity contribution < 1.29 is 27.1 Å². The van der Waals surface area contributed by atoms with E-state index in [2.05, 4.69) is 5.32 Å². The Kier molecular flexibility index (Phi) is 7.53. The molecule has 2 fully saturated rings. The van der Waals surface area contributed by atoms with Crippen molar-refractivity contribution in [3.8, 4) is 0 Å². The lowest BCUT2D eigenvalue weighted by Gasteiger charge is -2.40. The molecule has 0 saturated heterocycles. The van der Waals surface area contributed by atoms with Gasteiger partial charge in [-0.1, -0.05) is 31.9 Å². The molecule has 196 valence electrons. The van der Waals surface area contributed by atoms with E-state index in [0.717, 1.165) is 31.4 Å². The third-order valence-electron chi connectivity index (χ3n) is 8.11. The van der Waals surface area contributed by atoms with Gasteiger partial charge in [-0.05, 0) is 86.6 Å². The number of unbranched alkanes of at least 4 members (excludes halogenated alkanes) is 1. The van der Waals surface area contributed by atoms with Crippen molar-refractivity contribution >= 4 is 33.0 Å². The molecule has 9 heteroatoms. The molecule has 5 nitrogen and oxygen atoms in total. The number of aryl methyl sites for hydroxylation is 1. The van der Waals surface area contributed by atoms with Gasteiger partial charge < -0.3 is 10.4 Å². The Morgan fingerprint density at radius 1 is 1.17 bits per heavy atom. The highest BCUT2D eigenvalue weighted by atomic mass is 35.5. The van der Waals surface area contributed by atoms with Crippen LogP contribution in [0, 0.1) is 29.4 Å². The van der Waals surface area contributed by atoms with Crippen LogP contribution >= 0.6 is 11.6 Å². The lowest BCUT2D eigenvalue weighted by molar-refractivity contribution is -0.0466. The minimum absolute atomic E-state index is 0.0553. The number of benzene rings is 2. The number of anilines is 1. The number of amides is 1. The second kappa shape index (κ2) is 10.0. The number of aliphatic hydroxyl groups is 1. The second-order valence-corrected chi connectivity index (χ2v) is 13.1. The molecule has 2 saturated carbocycles. The summed E-state index contributed by atoms with van der Waals surface area (Å²) >= 11 is 6.51. The number of fused-ring (bicyclic) bond motifs is 2. The summed E-state index contributed by atoms with van der Waals surface area (Å²) in [6, 6.07) is 5.86. The summed E-state index contributed by atoms with van der Waals surface area (Å²) in [6.07, 6.45) is 3.55. The molecule has 5 atom stereocenters. The Labute approximate surface area is 216 Å². The predicted molar refractivity (Wildman–Crippen MR) is 136 cm³/mol. The van der Waals surface area contributed by atoms with Gasteiger partial charge >= 0.3 is 0 Å². The van der Waals surface area contributed by atoms with Crippen molar-refractivity contribution in [2.24, 2.45) is 17.8 Å². The van der Waals surface area contributed by atoms with Crippen LogP contribution < -0.4 is 5.32 Å². The minimum atomic E-state index is -3.90. The first kappa shape index (κ1) is 27.0. The van der Waals surface area contributed by atoms with Gasteiger partial charge in [0.15, 0.2) is 21.5 Å². The molecule has 0 spiro atoms. The van der Waals surface area contributed by atoms with Crippen LogP contribution in [0.15, 0.2) is 35.2 Å². The third kappa shape index (κ3) is 4.92. The second-order valence-electron chi connectivity index (χ2n) is 10.5. The normalized spacial score (nSPS) is 27.8. The first-order valence-electron chi connectivity index (χ1n) is 12.4. The molecule has 2 aliphatic carbocycles. The van der Waals surface area contributed by atoms with Gasteiger partial charge in [-0.25, -0.2) is 17.2 Å². The fourth-order valence-corrected chi connectivity index (χ4v) is 8.46. The number of nitrogens with one attached hydrogen (secondary N) is 1. The predicted octanol–water partition coefficient (Wildman–Crippen LogP) is 6.17. The van der Waals surface area contributed by atoms with Crippen molar-refractivity contribution in [3.63, 3.8) is 0 Å². The van der Waals surface area contributed by atoms with E-state index in [1.807, 2.05) is 13.8 Å². The zero-order valence-electron chi connectivity index (χ0n) is 20.7. The third-order valence-corrected chi connectivity index (χ3v) is 10.7. The smallest absolute Gasteiger partial charge is 0.255 e. The minimum Gasteiger partial charge on any atom is -0.390 e. The molecule has 2 aliphatic rings. The zero-order valence-corrected chi connectivity index (χ0v) is 22.2. The van der Waals surface area contributed by atoms with E-state index >= 15 is 0 Å². The van der Waals surface area contributed by atoms with Gasteiger partial charge in [-0.3, -0.25) is 4.79 Å². The lowest BCUT2D eigenvalue weighted by Crippen LogP contribution is -2.46. The van der Waals surface area contributed by atoms with Crippen LogP contribution in [0.4, 0.5) is 14.5 Å². The van der Waals surface area contributed by atoms with Gasteiger partial charge in [0.1, 0.15) is 0 Å². The van der Waals surface area contributed by atoms with E-state index in [1.165, 1.54) is 18.2 Å². The van der Waals surface area contributed by atoms with Gasteiger partial charge in [0.2, 0.25) is 0 Å². The Hall–Kier alpha value is -2.03. The molecule has 0 heterocycles. The Balaban J connectivity index is 1.70. The maximum atomic E-state index is 13.8. The van der Waals surface area contributed by atoms with E-state index in [-0.39, 0.29) is 38.9 Å². The topological polar surface area (TPSA) is 83.5 Å². The van der Waals surface area contributed by atoms with Crippen LogP contribution in [0.25, 0.3) is 0 Å². The number of carbonyl (C=O) groups is 1. The zero-order chi connectivity index (χ0) is 26.4. The molecule has 2 aromatic carbocycles. The van der Waals surface area contributed by atoms with Gasteiger partial charge in [0, 0.05) is 17.3 Å². The highest BCUT2D eigenvalue weighted by Gasteiger charge is 2.56. The Bertz CT molecular complexity index is 1280. The molecule has 2 aromatic rings. The highest BCUT2D eigenvalue weighted by molar-refractivity contribution is 7.92. The van der Waals surface area contributed by atoms with Crippen molar-refractivity contribution in [2.45, 2.75) is 75.0 Å². The Morgan fingerprint density at radius 2 is 1.89 bits per heavy atom. The number of sulfone groups is 1. The van der Waals surface area contributed by atoms with Crippen LogP contribution in [-0.4, -0.2) is 30.3 Å². The van der Waals surface area contributed by atoms with Gasteiger partial charge in [0.25, 0.3) is 5.91 Å². The molecule has 36 heavy (non-hydrogen) atoms. The summed E-state index contributed by atoms with van der Waals surface area (Å²) < 4.78 is 54.6. The first-order valence-corrected chi connectivity index (χ1v) is 14.3. The number of hydrogen-bond acceptors (Lipinski definition) is 4. The molecule has 4 rings (SSSR count). The average molecular weight is 540 g/mol. The van der Waals surface area contributed by atoms with Crippen LogP contribution in [0.1, 0.15) is 68.8 Å². The average Bonchev–Trinajstić information content (AvgIpc) is 2.92. The SMILES string of the molecule is CCCCc1cc(Cl)c(S(=O)(=O)C2CC3C[C@H](C)C(C2)[C@]3(C)O)cc1C(=O)Nc1ccc(F)c(F)c1. The van der Waals surface area contributed by atoms with Gasteiger partial charge in [-0.2, -0.15) is 0 Å². The molecular weight excluding hydrogens is 508 g/mol. The monoisotopic (exact) mass is 539 g/mol. The summed E-state index contributed by atoms with van der Waals surface area (Å²) in [6.45, 7) is 5.84. The Morgan fingerprint density at radius 3 is 2.53 bits per heavy atom. The molecule has 0 aromatic heterocycles.